The number of rotatable bonds is 5. The number of anilines is 1. The van der Waals surface area contributed by atoms with Crippen molar-refractivity contribution in [3.8, 4) is 6.07 Å². The van der Waals surface area contributed by atoms with Gasteiger partial charge in [-0.1, -0.05) is 0 Å². The monoisotopic (exact) mass is 362 g/mol. The van der Waals surface area contributed by atoms with Crippen LogP contribution in [-0.2, 0) is 4.79 Å². The first-order valence-electron chi connectivity index (χ1n) is 8.70. The third-order valence-electron chi connectivity index (χ3n) is 4.85. The zero-order valence-corrected chi connectivity index (χ0v) is 14.3. The van der Waals surface area contributed by atoms with Gasteiger partial charge in [0.05, 0.1) is 24.5 Å². The highest BCUT2D eigenvalue weighted by molar-refractivity contribution is 6.02. The summed E-state index contributed by atoms with van der Waals surface area (Å²) in [5, 5.41) is 8.97. The van der Waals surface area contributed by atoms with Gasteiger partial charge in [-0.25, -0.2) is 8.78 Å². The van der Waals surface area contributed by atoms with Crippen LogP contribution in [-0.4, -0.2) is 53.2 Å². The lowest BCUT2D eigenvalue weighted by molar-refractivity contribution is -0.132. The van der Waals surface area contributed by atoms with E-state index in [1.54, 1.807) is 18.3 Å². The van der Waals surface area contributed by atoms with Crippen LogP contribution in [0.1, 0.15) is 42.5 Å². The zero-order chi connectivity index (χ0) is 18.7. The average molecular weight is 362 g/mol. The van der Waals surface area contributed by atoms with Crippen molar-refractivity contribution < 1.29 is 18.4 Å². The summed E-state index contributed by atoms with van der Waals surface area (Å²) in [5.41, 5.74) is 1.25. The molecule has 0 aromatic carbocycles. The molecule has 1 unspecified atom stereocenters. The van der Waals surface area contributed by atoms with Gasteiger partial charge in [0.2, 0.25) is 5.91 Å². The quantitative estimate of drug-likeness (QED) is 0.752. The van der Waals surface area contributed by atoms with Crippen LogP contribution in [0.4, 0.5) is 14.5 Å². The Balaban J connectivity index is 1.64. The third kappa shape index (κ3) is 3.82. The Bertz CT molecular complexity index is 741. The Morgan fingerprint density at radius 3 is 2.73 bits per heavy atom. The molecule has 1 atom stereocenters. The van der Waals surface area contributed by atoms with Gasteiger partial charge in [0.1, 0.15) is 6.04 Å². The highest BCUT2D eigenvalue weighted by Crippen LogP contribution is 2.32. The number of nitriles is 1. The first-order chi connectivity index (χ1) is 12.4. The van der Waals surface area contributed by atoms with E-state index in [4.69, 9.17) is 5.26 Å². The molecule has 6 nitrogen and oxygen atoms in total. The van der Waals surface area contributed by atoms with Gasteiger partial charge in [0.25, 0.3) is 5.92 Å². The molecule has 26 heavy (non-hydrogen) atoms. The van der Waals surface area contributed by atoms with E-state index in [0.29, 0.717) is 5.56 Å². The minimum absolute atomic E-state index is 0.0795. The van der Waals surface area contributed by atoms with Gasteiger partial charge in [-0.15, -0.1) is 0 Å². The number of likely N-dealkylation sites (tertiary alicyclic amines) is 1. The van der Waals surface area contributed by atoms with E-state index in [2.05, 4.69) is 9.88 Å². The Hall–Kier alpha value is -2.56. The maximum Gasteiger partial charge on any atom is 0.268 e. The minimum atomic E-state index is -3.05. The lowest BCUT2D eigenvalue weighted by Crippen LogP contribution is -2.36. The molecule has 3 rings (SSSR count). The van der Waals surface area contributed by atoms with Crippen molar-refractivity contribution in [2.75, 3.05) is 24.5 Å². The lowest BCUT2D eigenvalue weighted by atomic mass is 10.0. The molecule has 2 fully saturated rings. The van der Waals surface area contributed by atoms with Crippen LogP contribution in [0.15, 0.2) is 18.5 Å². The van der Waals surface area contributed by atoms with Crippen molar-refractivity contribution in [1.82, 2.24) is 9.88 Å². The van der Waals surface area contributed by atoms with Crippen LogP contribution in [0.3, 0.4) is 0 Å². The third-order valence-corrected chi connectivity index (χ3v) is 4.85. The summed E-state index contributed by atoms with van der Waals surface area (Å²) in [5.74, 6) is -3.85. The van der Waals surface area contributed by atoms with Gasteiger partial charge >= 0.3 is 0 Å². The molecule has 1 aromatic heterocycles. The van der Waals surface area contributed by atoms with Crippen LogP contribution in [0.2, 0.25) is 0 Å². The zero-order valence-electron chi connectivity index (χ0n) is 14.3. The number of alkyl halides is 2. The molecule has 3 heterocycles. The molecular weight excluding hydrogens is 342 g/mol. The summed E-state index contributed by atoms with van der Waals surface area (Å²) >= 11 is 0. The maximum absolute atomic E-state index is 13.5. The smallest absolute Gasteiger partial charge is 0.268 e. The standard InChI is InChI=1S/C18H20F2N4O2/c19-18(20)9-13(10-21)24(12-18)17(26)4-3-16(25)14-5-6-22-11-15(14)23-7-1-2-8-23/h5-6,11,13H,1-4,7-9,12H2. The molecule has 0 aliphatic carbocycles. The molecule has 138 valence electrons. The fraction of sp³-hybridized carbons (Fsp3) is 0.556. The summed E-state index contributed by atoms with van der Waals surface area (Å²) in [7, 11) is 0. The van der Waals surface area contributed by atoms with E-state index in [-0.39, 0.29) is 18.6 Å². The van der Waals surface area contributed by atoms with Crippen molar-refractivity contribution in [3.05, 3.63) is 24.0 Å². The van der Waals surface area contributed by atoms with E-state index in [0.717, 1.165) is 36.5 Å². The first kappa shape index (κ1) is 18.2. The number of hydrogen-bond acceptors (Lipinski definition) is 5. The van der Waals surface area contributed by atoms with Crippen LogP contribution in [0, 0.1) is 11.3 Å². The summed E-state index contributed by atoms with van der Waals surface area (Å²) in [4.78, 5) is 31.9. The number of hydrogen-bond donors (Lipinski definition) is 0. The van der Waals surface area contributed by atoms with Crippen molar-refractivity contribution in [2.45, 2.75) is 44.1 Å². The van der Waals surface area contributed by atoms with Gasteiger partial charge in [-0.05, 0) is 18.9 Å². The predicted octanol–water partition coefficient (Wildman–Crippen LogP) is 2.40. The Morgan fingerprint density at radius 2 is 2.04 bits per heavy atom. The highest BCUT2D eigenvalue weighted by atomic mass is 19.3. The van der Waals surface area contributed by atoms with E-state index in [1.165, 1.54) is 6.20 Å². The van der Waals surface area contributed by atoms with Gasteiger partial charge in [-0.3, -0.25) is 14.6 Å². The number of Topliss-reactive ketones (excluding diaryl/α,β-unsaturated/α-hetero) is 1. The van der Waals surface area contributed by atoms with Crippen molar-refractivity contribution in [2.24, 2.45) is 0 Å². The fourth-order valence-electron chi connectivity index (χ4n) is 3.53. The van der Waals surface area contributed by atoms with E-state index >= 15 is 0 Å². The molecule has 0 N–H and O–H groups in total. The number of ketones is 1. The van der Waals surface area contributed by atoms with Crippen molar-refractivity contribution in [3.63, 3.8) is 0 Å². The Morgan fingerprint density at radius 1 is 1.31 bits per heavy atom. The molecule has 0 radical (unpaired) electrons. The van der Waals surface area contributed by atoms with Gasteiger partial charge in [-0.2, -0.15) is 5.26 Å². The summed E-state index contributed by atoms with van der Waals surface area (Å²) in [6.45, 7) is 0.960. The van der Waals surface area contributed by atoms with E-state index in [9.17, 15) is 18.4 Å². The largest absolute Gasteiger partial charge is 0.370 e. The summed E-state index contributed by atoms with van der Waals surface area (Å²) in [6, 6.07) is 2.24. The second kappa shape index (κ2) is 7.36. The van der Waals surface area contributed by atoms with Gasteiger partial charge < -0.3 is 9.80 Å². The maximum atomic E-state index is 13.5. The topological polar surface area (TPSA) is 77.3 Å². The molecule has 1 aromatic rings. The molecule has 2 aliphatic heterocycles. The second-order valence-corrected chi connectivity index (χ2v) is 6.74. The minimum Gasteiger partial charge on any atom is -0.370 e. The molecule has 0 bridgehead atoms. The number of aromatic nitrogens is 1. The van der Waals surface area contributed by atoms with Crippen LogP contribution >= 0.6 is 0 Å². The molecule has 0 spiro atoms. The molecule has 8 heteroatoms. The van der Waals surface area contributed by atoms with Gasteiger partial charge in [0.15, 0.2) is 5.78 Å². The molecule has 2 saturated heterocycles. The number of halogens is 2. The van der Waals surface area contributed by atoms with E-state index in [1.807, 2.05) is 0 Å². The highest BCUT2D eigenvalue weighted by Gasteiger charge is 2.47. The predicted molar refractivity (Wildman–Crippen MR) is 89.9 cm³/mol. The number of nitrogens with zero attached hydrogens (tertiary/aromatic N) is 4. The molecule has 0 saturated carbocycles. The summed E-state index contributed by atoms with van der Waals surface area (Å²) < 4.78 is 26.9. The molecule has 1 amide bonds. The van der Waals surface area contributed by atoms with E-state index < -0.39 is 30.8 Å². The molecule has 2 aliphatic rings. The van der Waals surface area contributed by atoms with Crippen LogP contribution in [0.25, 0.3) is 0 Å². The SMILES string of the molecule is N#CC1CC(F)(F)CN1C(=O)CCC(=O)c1ccncc1N1CCCC1. The lowest BCUT2D eigenvalue weighted by Gasteiger charge is -2.21. The second-order valence-electron chi connectivity index (χ2n) is 6.74. The summed E-state index contributed by atoms with van der Waals surface area (Å²) in [6.07, 6.45) is 4.37. The van der Waals surface area contributed by atoms with Crippen molar-refractivity contribution in [1.29, 1.82) is 5.26 Å². The number of carbonyl (C=O) groups is 2. The normalized spacial score (nSPS) is 21.7. The Kier molecular flexibility index (Phi) is 5.16. The Labute approximate surface area is 150 Å². The van der Waals surface area contributed by atoms with Gasteiger partial charge in [0, 0.05) is 44.1 Å². The van der Waals surface area contributed by atoms with Crippen LogP contribution in [0.5, 0.6) is 0 Å². The number of carbonyl (C=O) groups excluding carboxylic acids is 2. The number of pyridine rings is 1. The first-order valence-corrected chi connectivity index (χ1v) is 8.70. The van der Waals surface area contributed by atoms with Crippen LogP contribution < -0.4 is 4.90 Å². The fourth-order valence-corrected chi connectivity index (χ4v) is 3.53. The number of amides is 1. The van der Waals surface area contributed by atoms with Crippen molar-refractivity contribution >= 4 is 17.4 Å². The average Bonchev–Trinajstić information content (AvgIpc) is 3.26. The molecular formula is C18H20F2N4O2.